The lowest BCUT2D eigenvalue weighted by atomic mass is 10.2. The molecule has 0 atom stereocenters. The van der Waals surface area contributed by atoms with Crippen molar-refractivity contribution >= 4 is 29.0 Å². The average molecular weight is 401 g/mol. The number of anilines is 1. The van der Waals surface area contributed by atoms with Crippen molar-refractivity contribution in [1.29, 1.82) is 0 Å². The van der Waals surface area contributed by atoms with E-state index in [1.54, 1.807) is 18.1 Å². The van der Waals surface area contributed by atoms with E-state index in [4.69, 9.17) is 4.74 Å². The molecule has 2 aliphatic heterocycles. The molecule has 1 aromatic carbocycles. The van der Waals surface area contributed by atoms with Crippen molar-refractivity contribution in [2.45, 2.75) is 25.7 Å². The van der Waals surface area contributed by atoms with E-state index in [0.717, 1.165) is 42.9 Å². The van der Waals surface area contributed by atoms with Crippen molar-refractivity contribution in [2.75, 3.05) is 38.6 Å². The summed E-state index contributed by atoms with van der Waals surface area (Å²) in [5.41, 5.74) is 1.67. The van der Waals surface area contributed by atoms with Crippen molar-refractivity contribution < 1.29 is 14.3 Å². The number of nitrogens with zero attached hydrogens (tertiary/aromatic N) is 3. The maximum Gasteiger partial charge on any atom is 0.321 e. The van der Waals surface area contributed by atoms with Gasteiger partial charge in [0.1, 0.15) is 5.75 Å². The van der Waals surface area contributed by atoms with Crippen LogP contribution in [0.25, 0.3) is 0 Å². The number of benzene rings is 1. The largest absolute Gasteiger partial charge is 0.497 e. The van der Waals surface area contributed by atoms with E-state index >= 15 is 0 Å². The summed E-state index contributed by atoms with van der Waals surface area (Å²) < 4.78 is 5.20. The first-order valence-electron chi connectivity index (χ1n) is 9.62. The fraction of sp³-hybridized carbons (Fsp3) is 0.450. The van der Waals surface area contributed by atoms with Crippen LogP contribution in [0.15, 0.2) is 24.3 Å². The van der Waals surface area contributed by atoms with Crippen molar-refractivity contribution in [1.82, 2.24) is 14.8 Å². The van der Waals surface area contributed by atoms with E-state index in [-0.39, 0.29) is 11.9 Å². The third-order valence-corrected chi connectivity index (χ3v) is 6.34. The lowest BCUT2D eigenvalue weighted by Gasteiger charge is -2.21. The number of rotatable bonds is 3. The highest BCUT2D eigenvalue weighted by Gasteiger charge is 2.26. The predicted octanol–water partition coefficient (Wildman–Crippen LogP) is 3.02. The third kappa shape index (κ3) is 3.96. The summed E-state index contributed by atoms with van der Waals surface area (Å²) >= 11 is 1.49. The summed E-state index contributed by atoms with van der Waals surface area (Å²) in [4.78, 5) is 34.6. The molecule has 4 rings (SSSR count). The maximum absolute atomic E-state index is 12.6. The van der Waals surface area contributed by atoms with Gasteiger partial charge in [-0.1, -0.05) is 6.07 Å². The Morgan fingerprint density at radius 3 is 2.68 bits per heavy atom. The number of likely N-dealkylation sites (tertiary alicyclic amines) is 1. The van der Waals surface area contributed by atoms with E-state index in [1.165, 1.54) is 11.3 Å². The van der Waals surface area contributed by atoms with Gasteiger partial charge in [-0.25, -0.2) is 9.78 Å². The van der Waals surface area contributed by atoms with Gasteiger partial charge >= 0.3 is 6.03 Å². The first-order valence-corrected chi connectivity index (χ1v) is 10.4. The molecule has 2 aromatic rings. The summed E-state index contributed by atoms with van der Waals surface area (Å²) in [6.07, 6.45) is 3.55. The molecule has 0 aliphatic carbocycles. The van der Waals surface area contributed by atoms with Crippen LogP contribution in [0.3, 0.4) is 0 Å². The molecule has 3 amide bonds. The van der Waals surface area contributed by atoms with Gasteiger partial charge < -0.3 is 19.9 Å². The molecule has 1 saturated heterocycles. The number of carbonyl (C=O) groups is 2. The summed E-state index contributed by atoms with van der Waals surface area (Å²) in [7, 11) is 1.60. The summed E-state index contributed by atoms with van der Waals surface area (Å²) in [6, 6.07) is 7.19. The molecule has 1 aromatic heterocycles. The SMILES string of the molecule is COc1cccc(NC(=O)N2CCc3nc(C(=O)N4CCCC4)sc3CC2)c1. The summed E-state index contributed by atoms with van der Waals surface area (Å²) in [5.74, 6) is 0.762. The first kappa shape index (κ1) is 18.7. The molecule has 0 bridgehead atoms. The van der Waals surface area contributed by atoms with Crippen molar-refractivity contribution in [3.8, 4) is 5.75 Å². The number of methoxy groups -OCH3 is 1. The van der Waals surface area contributed by atoms with Crippen LogP contribution in [0, 0.1) is 0 Å². The van der Waals surface area contributed by atoms with Gasteiger partial charge in [-0.15, -0.1) is 11.3 Å². The zero-order valence-electron chi connectivity index (χ0n) is 15.9. The molecule has 0 spiro atoms. The van der Waals surface area contributed by atoms with E-state index in [0.29, 0.717) is 36.0 Å². The highest BCUT2D eigenvalue weighted by atomic mass is 32.1. The standard InChI is InChI=1S/C20H24N4O3S/c1-27-15-6-4-5-14(13-15)21-20(26)24-11-7-16-17(8-12-24)28-18(22-16)19(25)23-9-2-3-10-23/h4-6,13H,2-3,7-12H2,1H3,(H,21,26). The molecular weight excluding hydrogens is 376 g/mol. The minimum Gasteiger partial charge on any atom is -0.497 e. The van der Waals surface area contributed by atoms with Gasteiger partial charge in [0, 0.05) is 55.7 Å². The van der Waals surface area contributed by atoms with Gasteiger partial charge in [0.05, 0.1) is 12.8 Å². The third-order valence-electron chi connectivity index (χ3n) is 5.19. The average Bonchev–Trinajstić information content (AvgIpc) is 3.34. The Labute approximate surface area is 168 Å². The fourth-order valence-corrected chi connectivity index (χ4v) is 4.68. The van der Waals surface area contributed by atoms with Crippen LogP contribution in [0.4, 0.5) is 10.5 Å². The molecule has 148 valence electrons. The monoisotopic (exact) mass is 400 g/mol. The van der Waals surface area contributed by atoms with E-state index in [2.05, 4.69) is 10.3 Å². The van der Waals surface area contributed by atoms with Crippen LogP contribution >= 0.6 is 11.3 Å². The number of hydrogen-bond donors (Lipinski definition) is 1. The van der Waals surface area contributed by atoms with E-state index in [9.17, 15) is 9.59 Å². The first-order chi connectivity index (χ1) is 13.6. The number of hydrogen-bond acceptors (Lipinski definition) is 5. The van der Waals surface area contributed by atoms with Gasteiger partial charge in [0.15, 0.2) is 5.01 Å². The lowest BCUT2D eigenvalue weighted by molar-refractivity contribution is 0.0792. The molecular formula is C20H24N4O3S. The lowest BCUT2D eigenvalue weighted by Crippen LogP contribution is -2.36. The fourth-order valence-electron chi connectivity index (χ4n) is 3.62. The second kappa shape index (κ2) is 8.18. The van der Waals surface area contributed by atoms with Crippen LogP contribution in [-0.4, -0.2) is 60.0 Å². The molecule has 0 radical (unpaired) electrons. The number of fused-ring (bicyclic) bond motifs is 1. The quantitative estimate of drug-likeness (QED) is 0.859. The highest BCUT2D eigenvalue weighted by Crippen LogP contribution is 2.25. The number of carbonyl (C=O) groups excluding carboxylic acids is 2. The van der Waals surface area contributed by atoms with Crippen LogP contribution in [-0.2, 0) is 12.8 Å². The van der Waals surface area contributed by atoms with Gasteiger partial charge in [-0.2, -0.15) is 0 Å². The molecule has 28 heavy (non-hydrogen) atoms. The highest BCUT2D eigenvalue weighted by molar-refractivity contribution is 7.13. The molecule has 8 heteroatoms. The Bertz CT molecular complexity index is 851. The molecule has 0 saturated carbocycles. The molecule has 1 N–H and O–H groups in total. The number of ether oxygens (including phenoxy) is 1. The molecule has 0 unspecified atom stereocenters. The Morgan fingerprint density at radius 1 is 1.11 bits per heavy atom. The summed E-state index contributed by atoms with van der Waals surface area (Å²) in [5, 5.41) is 3.53. The van der Waals surface area contributed by atoms with E-state index < -0.39 is 0 Å². The van der Waals surface area contributed by atoms with Crippen molar-refractivity contribution in [2.24, 2.45) is 0 Å². The van der Waals surface area contributed by atoms with Gasteiger partial charge in [-0.3, -0.25) is 4.79 Å². The molecule has 1 fully saturated rings. The number of urea groups is 1. The molecule has 2 aliphatic rings. The number of amides is 3. The number of thiazole rings is 1. The number of nitrogens with one attached hydrogen (secondary N) is 1. The number of aromatic nitrogens is 1. The summed E-state index contributed by atoms with van der Waals surface area (Å²) in [6.45, 7) is 2.87. The minimum atomic E-state index is -0.128. The Morgan fingerprint density at radius 2 is 1.89 bits per heavy atom. The minimum absolute atomic E-state index is 0.0585. The zero-order valence-corrected chi connectivity index (χ0v) is 16.8. The van der Waals surface area contributed by atoms with Crippen LogP contribution in [0.2, 0.25) is 0 Å². The Kier molecular flexibility index (Phi) is 5.47. The van der Waals surface area contributed by atoms with Crippen LogP contribution in [0.5, 0.6) is 5.75 Å². The smallest absolute Gasteiger partial charge is 0.321 e. The molecule has 3 heterocycles. The molecule has 7 nitrogen and oxygen atoms in total. The topological polar surface area (TPSA) is 74.8 Å². The Balaban J connectivity index is 1.38. The second-order valence-corrected chi connectivity index (χ2v) is 8.12. The van der Waals surface area contributed by atoms with Gasteiger partial charge in [0.25, 0.3) is 5.91 Å². The zero-order chi connectivity index (χ0) is 19.5. The van der Waals surface area contributed by atoms with Gasteiger partial charge in [0.2, 0.25) is 0 Å². The maximum atomic E-state index is 12.6. The normalized spacial score (nSPS) is 16.5. The van der Waals surface area contributed by atoms with Gasteiger partial charge in [-0.05, 0) is 25.0 Å². The second-order valence-electron chi connectivity index (χ2n) is 7.04. The van der Waals surface area contributed by atoms with Crippen LogP contribution in [0.1, 0.15) is 33.2 Å². The van der Waals surface area contributed by atoms with Crippen LogP contribution < -0.4 is 10.1 Å². The van der Waals surface area contributed by atoms with Crippen molar-refractivity contribution in [3.05, 3.63) is 39.8 Å². The predicted molar refractivity (Wildman–Crippen MR) is 108 cm³/mol. The van der Waals surface area contributed by atoms with Crippen molar-refractivity contribution in [3.63, 3.8) is 0 Å². The van der Waals surface area contributed by atoms with E-state index in [1.807, 2.05) is 23.1 Å². The Hall–Kier alpha value is -2.61.